The number of hydrogen-bond acceptors (Lipinski definition) is 3. The van der Waals surface area contributed by atoms with E-state index in [9.17, 15) is 13.2 Å². The minimum Gasteiger partial charge on any atom is -0.490 e. The van der Waals surface area contributed by atoms with Crippen LogP contribution in [0.5, 0.6) is 5.75 Å². The Bertz CT molecular complexity index is 622. The van der Waals surface area contributed by atoms with Gasteiger partial charge in [0.1, 0.15) is 29.6 Å². The minimum absolute atomic E-state index is 0.235. The summed E-state index contributed by atoms with van der Waals surface area (Å²) in [6.07, 6.45) is -3.08. The zero-order valence-corrected chi connectivity index (χ0v) is 10.3. The normalized spacial score (nSPS) is 13.2. The predicted molar refractivity (Wildman–Crippen MR) is 68.7 cm³/mol. The van der Waals surface area contributed by atoms with Gasteiger partial charge in [0.15, 0.2) is 0 Å². The first-order valence-electron chi connectivity index (χ1n) is 5.77. The van der Waals surface area contributed by atoms with Gasteiger partial charge in [-0.05, 0) is 12.1 Å². The molecular formula is C13H12F3N3O. The number of benzene rings is 1. The molecule has 1 heterocycles. The van der Waals surface area contributed by atoms with Gasteiger partial charge < -0.3 is 10.5 Å². The van der Waals surface area contributed by atoms with Gasteiger partial charge in [0.2, 0.25) is 0 Å². The third kappa shape index (κ3) is 2.98. The number of nitrogens with one attached hydrogen (secondary N) is 1. The second-order valence-corrected chi connectivity index (χ2v) is 4.19. The zero-order valence-electron chi connectivity index (χ0n) is 10.3. The third-order valence-corrected chi connectivity index (χ3v) is 2.77. The Hall–Kier alpha value is -2.31. The smallest absolute Gasteiger partial charge is 0.401 e. The van der Waals surface area contributed by atoms with E-state index < -0.39 is 24.5 Å². The van der Waals surface area contributed by atoms with Crippen molar-refractivity contribution >= 4 is 16.7 Å². The number of para-hydroxylation sites is 1. The van der Waals surface area contributed by atoms with Gasteiger partial charge in [-0.2, -0.15) is 13.2 Å². The maximum atomic E-state index is 12.7. The fraction of sp³-hybridized carbons (Fsp3) is 0.231. The number of fused-ring (bicyclic) bond motifs is 1. The molecular weight excluding hydrogens is 271 g/mol. The topological polar surface area (TPSA) is 72.0 Å². The molecule has 0 aliphatic rings. The maximum Gasteiger partial charge on any atom is 0.401 e. The molecule has 0 saturated carbocycles. The van der Waals surface area contributed by atoms with Crippen LogP contribution in [-0.2, 0) is 0 Å². The summed E-state index contributed by atoms with van der Waals surface area (Å²) in [5, 5.41) is 7.76. The first-order valence-corrected chi connectivity index (χ1v) is 5.77. The Balaban J connectivity index is 2.22. The lowest BCUT2D eigenvalue weighted by atomic mass is 10.1. The number of aromatic nitrogens is 1. The molecule has 1 aromatic carbocycles. The van der Waals surface area contributed by atoms with Gasteiger partial charge in [0, 0.05) is 11.6 Å². The van der Waals surface area contributed by atoms with Crippen molar-refractivity contribution in [3.05, 3.63) is 36.5 Å². The second kappa shape index (κ2) is 5.36. The van der Waals surface area contributed by atoms with E-state index in [2.05, 4.69) is 4.98 Å². The fourth-order valence-electron chi connectivity index (χ4n) is 1.73. The van der Waals surface area contributed by atoms with Gasteiger partial charge in [-0.1, -0.05) is 18.2 Å². The summed E-state index contributed by atoms with van der Waals surface area (Å²) >= 11 is 0. The first-order chi connectivity index (χ1) is 9.39. The molecule has 0 spiro atoms. The van der Waals surface area contributed by atoms with Crippen LogP contribution < -0.4 is 10.5 Å². The molecule has 0 aliphatic carbocycles. The lowest BCUT2D eigenvalue weighted by molar-refractivity contribution is -0.161. The molecule has 0 aliphatic heterocycles. The van der Waals surface area contributed by atoms with E-state index in [1.54, 1.807) is 24.3 Å². The van der Waals surface area contributed by atoms with E-state index in [1.807, 2.05) is 0 Å². The number of pyridine rings is 1. The molecule has 1 unspecified atom stereocenters. The monoisotopic (exact) mass is 283 g/mol. The molecule has 1 aromatic heterocycles. The van der Waals surface area contributed by atoms with E-state index in [0.29, 0.717) is 5.52 Å². The molecule has 0 fully saturated rings. The van der Waals surface area contributed by atoms with Crippen molar-refractivity contribution in [3.8, 4) is 5.75 Å². The Morgan fingerprint density at radius 2 is 2.00 bits per heavy atom. The third-order valence-electron chi connectivity index (χ3n) is 2.77. The van der Waals surface area contributed by atoms with Crippen molar-refractivity contribution in [1.29, 1.82) is 5.41 Å². The van der Waals surface area contributed by atoms with Crippen molar-refractivity contribution < 1.29 is 17.9 Å². The highest BCUT2D eigenvalue weighted by Gasteiger charge is 2.42. The van der Waals surface area contributed by atoms with Crippen LogP contribution in [0, 0.1) is 11.3 Å². The predicted octanol–water partition coefficient (Wildman–Crippen LogP) is 2.73. The van der Waals surface area contributed by atoms with Gasteiger partial charge in [-0.15, -0.1) is 0 Å². The van der Waals surface area contributed by atoms with Gasteiger partial charge in [0.25, 0.3) is 0 Å². The molecule has 0 radical (unpaired) electrons. The SMILES string of the molecule is N=C(N)C(COc1cccc2cccnc12)C(F)(F)F. The highest BCUT2D eigenvalue weighted by molar-refractivity contribution is 5.84. The fourth-order valence-corrected chi connectivity index (χ4v) is 1.73. The Morgan fingerprint density at radius 1 is 1.30 bits per heavy atom. The number of rotatable bonds is 4. The van der Waals surface area contributed by atoms with E-state index in [1.165, 1.54) is 12.3 Å². The van der Waals surface area contributed by atoms with Crippen LogP contribution in [0.15, 0.2) is 36.5 Å². The Labute approximate surface area is 112 Å². The van der Waals surface area contributed by atoms with Crippen LogP contribution in [0.25, 0.3) is 10.9 Å². The summed E-state index contributed by atoms with van der Waals surface area (Å²) in [7, 11) is 0. The number of amidine groups is 1. The molecule has 2 aromatic rings. The summed E-state index contributed by atoms with van der Waals surface area (Å²) in [5.74, 6) is -2.86. The largest absolute Gasteiger partial charge is 0.490 e. The van der Waals surface area contributed by atoms with Crippen molar-refractivity contribution in [2.24, 2.45) is 11.7 Å². The first kappa shape index (κ1) is 14.1. The molecule has 2 rings (SSSR count). The summed E-state index contributed by atoms with van der Waals surface area (Å²) in [5.41, 5.74) is 5.44. The van der Waals surface area contributed by atoms with Crippen LogP contribution in [0.2, 0.25) is 0 Å². The van der Waals surface area contributed by atoms with E-state index in [-0.39, 0.29) is 5.75 Å². The number of ether oxygens (including phenoxy) is 1. The zero-order chi connectivity index (χ0) is 14.8. The standard InChI is InChI=1S/C13H12F3N3O/c14-13(15,16)9(12(17)18)7-20-10-5-1-3-8-4-2-6-19-11(8)10/h1-6,9H,7H2,(H3,17,18). The molecule has 1 atom stereocenters. The van der Waals surface area contributed by atoms with E-state index in [0.717, 1.165) is 5.39 Å². The molecule has 7 heteroatoms. The minimum atomic E-state index is -4.61. The number of hydrogen-bond donors (Lipinski definition) is 2. The molecule has 0 saturated heterocycles. The number of nitrogens with zero attached hydrogens (tertiary/aromatic N) is 1. The van der Waals surface area contributed by atoms with Crippen LogP contribution in [0.3, 0.4) is 0 Å². The van der Waals surface area contributed by atoms with E-state index >= 15 is 0 Å². The lowest BCUT2D eigenvalue weighted by Crippen LogP contribution is -2.39. The van der Waals surface area contributed by atoms with Gasteiger partial charge in [0.05, 0.1) is 0 Å². The van der Waals surface area contributed by atoms with Gasteiger partial charge in [-0.3, -0.25) is 10.4 Å². The molecule has 0 amide bonds. The summed E-state index contributed by atoms with van der Waals surface area (Å²) in [6.45, 7) is -0.742. The molecule has 0 bridgehead atoms. The quantitative estimate of drug-likeness (QED) is 0.669. The number of nitrogens with two attached hydrogens (primary N) is 1. The Morgan fingerprint density at radius 3 is 2.65 bits per heavy atom. The second-order valence-electron chi connectivity index (χ2n) is 4.19. The molecule has 106 valence electrons. The molecule has 20 heavy (non-hydrogen) atoms. The van der Waals surface area contributed by atoms with Gasteiger partial charge in [-0.25, -0.2) is 0 Å². The highest BCUT2D eigenvalue weighted by Crippen LogP contribution is 2.28. The highest BCUT2D eigenvalue weighted by atomic mass is 19.4. The van der Waals surface area contributed by atoms with Gasteiger partial charge >= 0.3 is 6.18 Å². The Kier molecular flexibility index (Phi) is 3.78. The number of halogens is 3. The summed E-state index contributed by atoms with van der Waals surface area (Å²) in [4.78, 5) is 4.07. The van der Waals surface area contributed by atoms with Crippen molar-refractivity contribution in [2.45, 2.75) is 6.18 Å². The lowest BCUT2D eigenvalue weighted by Gasteiger charge is -2.19. The summed E-state index contributed by atoms with van der Waals surface area (Å²) < 4.78 is 43.2. The maximum absolute atomic E-state index is 12.7. The average Bonchev–Trinajstić information content (AvgIpc) is 2.37. The average molecular weight is 283 g/mol. The molecule has 4 nitrogen and oxygen atoms in total. The van der Waals surface area contributed by atoms with E-state index in [4.69, 9.17) is 15.9 Å². The van der Waals surface area contributed by atoms with Crippen molar-refractivity contribution in [2.75, 3.05) is 6.61 Å². The number of alkyl halides is 3. The molecule has 3 N–H and O–H groups in total. The van der Waals surface area contributed by atoms with Crippen LogP contribution in [0.1, 0.15) is 0 Å². The van der Waals surface area contributed by atoms with Crippen LogP contribution in [-0.4, -0.2) is 23.6 Å². The van der Waals surface area contributed by atoms with Crippen molar-refractivity contribution in [3.63, 3.8) is 0 Å². The van der Waals surface area contributed by atoms with Crippen LogP contribution in [0.4, 0.5) is 13.2 Å². The van der Waals surface area contributed by atoms with Crippen molar-refractivity contribution in [1.82, 2.24) is 4.98 Å². The van der Waals surface area contributed by atoms with Crippen LogP contribution >= 0.6 is 0 Å². The summed E-state index contributed by atoms with van der Waals surface area (Å²) in [6, 6.07) is 8.47.